The molecule has 1 atom stereocenters. The smallest absolute Gasteiger partial charge is 0.219 e. The van der Waals surface area contributed by atoms with E-state index in [2.05, 4.69) is 27.0 Å². The van der Waals surface area contributed by atoms with Crippen molar-refractivity contribution in [3.63, 3.8) is 0 Å². The van der Waals surface area contributed by atoms with Gasteiger partial charge in [-0.15, -0.1) is 0 Å². The van der Waals surface area contributed by atoms with Gasteiger partial charge in [0.1, 0.15) is 17.2 Å². The van der Waals surface area contributed by atoms with Gasteiger partial charge in [0.05, 0.1) is 26.0 Å². The van der Waals surface area contributed by atoms with Crippen LogP contribution in [0.5, 0.6) is 17.2 Å². The number of fused-ring (bicyclic) bond motifs is 4. The molecule has 0 saturated carbocycles. The number of piperidine rings is 1. The normalized spacial score (nSPS) is 20.9. The zero-order valence-electron chi connectivity index (χ0n) is 18.4. The van der Waals surface area contributed by atoms with E-state index in [9.17, 15) is 4.79 Å². The Morgan fingerprint density at radius 2 is 1.94 bits per heavy atom. The van der Waals surface area contributed by atoms with Crippen LogP contribution in [0.25, 0.3) is 0 Å². The number of methoxy groups -OCH3 is 2. The number of carbonyl (C=O) groups excluding carboxylic acids is 1. The van der Waals surface area contributed by atoms with Gasteiger partial charge in [-0.05, 0) is 30.3 Å². The Balaban J connectivity index is 1.56. The van der Waals surface area contributed by atoms with Crippen molar-refractivity contribution in [1.82, 2.24) is 9.91 Å². The van der Waals surface area contributed by atoms with Gasteiger partial charge in [0.2, 0.25) is 11.6 Å². The molecule has 0 bridgehead atoms. The summed E-state index contributed by atoms with van der Waals surface area (Å²) in [7, 11) is 3.31. The zero-order valence-corrected chi connectivity index (χ0v) is 20.0. The third kappa shape index (κ3) is 3.41. The van der Waals surface area contributed by atoms with Crippen LogP contribution < -0.4 is 14.2 Å². The van der Waals surface area contributed by atoms with Crippen molar-refractivity contribution in [2.75, 3.05) is 27.3 Å². The summed E-state index contributed by atoms with van der Waals surface area (Å²) in [6, 6.07) is 12.0. The summed E-state index contributed by atoms with van der Waals surface area (Å²) in [6.07, 6.45) is 2.15. The van der Waals surface area contributed by atoms with E-state index in [1.807, 2.05) is 35.2 Å². The molecule has 2 aromatic rings. The highest BCUT2D eigenvalue weighted by atomic mass is 79.9. The van der Waals surface area contributed by atoms with E-state index in [1.54, 1.807) is 21.1 Å². The fourth-order valence-electron chi connectivity index (χ4n) is 4.95. The summed E-state index contributed by atoms with van der Waals surface area (Å²) in [6.45, 7) is 2.93. The molecule has 1 saturated heterocycles. The van der Waals surface area contributed by atoms with Gasteiger partial charge in [-0.25, -0.2) is 5.01 Å². The molecular formula is C24H26BrN3O4. The molecule has 7 nitrogen and oxygen atoms in total. The third-order valence-electron chi connectivity index (χ3n) is 6.67. The first kappa shape index (κ1) is 21.1. The maximum absolute atomic E-state index is 11.9. The van der Waals surface area contributed by atoms with Crippen molar-refractivity contribution in [2.45, 2.75) is 38.0 Å². The molecule has 0 unspecified atom stereocenters. The van der Waals surface area contributed by atoms with Crippen molar-refractivity contribution in [1.29, 1.82) is 0 Å². The number of ether oxygens (including phenoxy) is 3. The molecule has 5 rings (SSSR count). The second-order valence-corrected chi connectivity index (χ2v) is 9.33. The van der Waals surface area contributed by atoms with Crippen molar-refractivity contribution in [3.8, 4) is 17.2 Å². The van der Waals surface area contributed by atoms with Gasteiger partial charge < -0.3 is 19.1 Å². The molecule has 2 aromatic carbocycles. The predicted molar refractivity (Wildman–Crippen MR) is 124 cm³/mol. The predicted octanol–water partition coefficient (Wildman–Crippen LogP) is 4.35. The van der Waals surface area contributed by atoms with Crippen LogP contribution in [-0.2, 0) is 4.79 Å². The Morgan fingerprint density at radius 3 is 2.62 bits per heavy atom. The molecule has 168 valence electrons. The topological polar surface area (TPSA) is 63.6 Å². The second kappa shape index (κ2) is 7.99. The number of hydrogen-bond acceptors (Lipinski definition) is 6. The largest absolute Gasteiger partial charge is 0.497 e. The van der Waals surface area contributed by atoms with Crippen LogP contribution >= 0.6 is 15.9 Å². The van der Waals surface area contributed by atoms with E-state index in [4.69, 9.17) is 19.3 Å². The second-order valence-electron chi connectivity index (χ2n) is 8.41. The lowest BCUT2D eigenvalue weighted by Crippen LogP contribution is -2.59. The summed E-state index contributed by atoms with van der Waals surface area (Å²) >= 11 is 3.61. The quantitative estimate of drug-likeness (QED) is 0.628. The fourth-order valence-corrected chi connectivity index (χ4v) is 5.33. The van der Waals surface area contributed by atoms with Crippen LogP contribution in [-0.4, -0.2) is 54.6 Å². The van der Waals surface area contributed by atoms with E-state index in [1.165, 1.54) is 0 Å². The molecule has 3 aliphatic heterocycles. The minimum atomic E-state index is -0.571. The Bertz CT molecular complexity index is 1090. The van der Waals surface area contributed by atoms with Crippen molar-refractivity contribution >= 4 is 27.5 Å². The number of rotatable bonds is 3. The number of likely N-dealkylation sites (tertiary alicyclic amines) is 1. The number of hydrogen-bond donors (Lipinski definition) is 0. The van der Waals surface area contributed by atoms with E-state index < -0.39 is 5.72 Å². The molecule has 8 heteroatoms. The van der Waals surface area contributed by atoms with Crippen LogP contribution in [0.15, 0.2) is 46.0 Å². The minimum Gasteiger partial charge on any atom is -0.497 e. The van der Waals surface area contributed by atoms with Gasteiger partial charge in [-0.3, -0.25) is 4.79 Å². The number of nitrogens with zero attached hydrogens (tertiary/aromatic N) is 3. The number of amides is 1. The summed E-state index contributed by atoms with van der Waals surface area (Å²) < 4.78 is 18.7. The monoisotopic (exact) mass is 499 g/mol. The molecule has 32 heavy (non-hydrogen) atoms. The molecule has 0 radical (unpaired) electrons. The molecule has 3 heterocycles. The number of benzene rings is 2. The average Bonchev–Trinajstić information content (AvgIpc) is 3.26. The van der Waals surface area contributed by atoms with Crippen molar-refractivity contribution < 1.29 is 19.0 Å². The Labute approximate surface area is 196 Å². The zero-order chi connectivity index (χ0) is 22.5. The fraction of sp³-hybridized carbons (Fsp3) is 0.417. The molecule has 0 aliphatic carbocycles. The van der Waals surface area contributed by atoms with E-state index in [0.29, 0.717) is 25.9 Å². The summed E-state index contributed by atoms with van der Waals surface area (Å²) in [5.74, 6) is 2.47. The highest BCUT2D eigenvalue weighted by Gasteiger charge is 2.52. The Hall–Kier alpha value is -2.74. The van der Waals surface area contributed by atoms with E-state index in [0.717, 1.165) is 45.0 Å². The molecule has 1 spiro atoms. The lowest BCUT2D eigenvalue weighted by atomic mass is 9.90. The standard InChI is InChI=1S/C24H26BrN3O4/c1-15(29)27-10-8-24(9-11-27)28-21(19-12-16(25)4-7-22(19)32-24)14-20(26-28)18-6-5-17(30-2)13-23(18)31-3/h4-7,12-13,21H,8-11,14H2,1-3H3/t21-/m1/s1. The van der Waals surface area contributed by atoms with Gasteiger partial charge in [0, 0.05) is 60.9 Å². The van der Waals surface area contributed by atoms with Crippen molar-refractivity contribution in [2.24, 2.45) is 5.10 Å². The first-order chi connectivity index (χ1) is 15.4. The van der Waals surface area contributed by atoms with Crippen LogP contribution in [0.4, 0.5) is 0 Å². The highest BCUT2D eigenvalue weighted by molar-refractivity contribution is 9.10. The van der Waals surface area contributed by atoms with Crippen LogP contribution in [0.2, 0.25) is 0 Å². The maximum atomic E-state index is 11.9. The lowest BCUT2D eigenvalue weighted by Gasteiger charge is -2.51. The van der Waals surface area contributed by atoms with Gasteiger partial charge in [-0.1, -0.05) is 15.9 Å². The van der Waals surface area contributed by atoms with E-state index >= 15 is 0 Å². The van der Waals surface area contributed by atoms with Crippen LogP contribution in [0, 0.1) is 0 Å². The van der Waals surface area contributed by atoms with Gasteiger partial charge in [0.25, 0.3) is 0 Å². The first-order valence-electron chi connectivity index (χ1n) is 10.8. The van der Waals surface area contributed by atoms with Gasteiger partial charge in [0.15, 0.2) is 0 Å². The van der Waals surface area contributed by atoms with Crippen LogP contribution in [0.1, 0.15) is 43.4 Å². The molecule has 1 amide bonds. The van der Waals surface area contributed by atoms with Crippen molar-refractivity contribution in [3.05, 3.63) is 52.0 Å². The number of hydrazone groups is 1. The Morgan fingerprint density at radius 1 is 1.16 bits per heavy atom. The summed E-state index contributed by atoms with van der Waals surface area (Å²) in [5, 5.41) is 7.24. The van der Waals surface area contributed by atoms with E-state index in [-0.39, 0.29) is 11.9 Å². The molecule has 1 fully saturated rings. The van der Waals surface area contributed by atoms with Gasteiger partial charge >= 0.3 is 0 Å². The molecule has 0 aromatic heterocycles. The summed E-state index contributed by atoms with van der Waals surface area (Å²) in [4.78, 5) is 13.8. The first-order valence-corrected chi connectivity index (χ1v) is 11.6. The average molecular weight is 500 g/mol. The van der Waals surface area contributed by atoms with Gasteiger partial charge in [-0.2, -0.15) is 5.10 Å². The lowest BCUT2D eigenvalue weighted by molar-refractivity contribution is -0.158. The maximum Gasteiger partial charge on any atom is 0.219 e. The minimum absolute atomic E-state index is 0.0573. The SMILES string of the molecule is COc1ccc(C2=NN3[C@H](C2)c2cc(Br)ccc2OC32CCN(C(C)=O)CC2)c(OC)c1. The summed E-state index contributed by atoms with van der Waals surface area (Å²) in [5.41, 5.74) is 2.46. The number of halogens is 1. The third-order valence-corrected chi connectivity index (χ3v) is 7.16. The molecule has 3 aliphatic rings. The highest BCUT2D eigenvalue weighted by Crippen LogP contribution is 2.51. The number of carbonyl (C=O) groups is 1. The molecular weight excluding hydrogens is 474 g/mol. The van der Waals surface area contributed by atoms with Crippen LogP contribution in [0.3, 0.4) is 0 Å². The molecule has 0 N–H and O–H groups in total. The Kier molecular flexibility index (Phi) is 5.28.